The lowest BCUT2D eigenvalue weighted by Gasteiger charge is -2.28. The minimum Gasteiger partial charge on any atom is -0.443 e. The summed E-state index contributed by atoms with van der Waals surface area (Å²) in [6.45, 7) is 9.41. The summed E-state index contributed by atoms with van der Waals surface area (Å²) in [7, 11) is 0. The average molecular weight is 357 g/mol. The fourth-order valence-corrected chi connectivity index (χ4v) is 1.68. The summed E-state index contributed by atoms with van der Waals surface area (Å²) < 4.78 is 24.4. The van der Waals surface area contributed by atoms with Crippen LogP contribution in [0, 0.1) is 10.7 Å². The van der Waals surface area contributed by atoms with Crippen molar-refractivity contribution in [3.8, 4) is 0 Å². The number of anilines is 1. The van der Waals surface area contributed by atoms with E-state index in [1.165, 1.54) is 0 Å². The topological polar surface area (TPSA) is 96.2 Å². The fraction of sp³-hybridized carbons (Fsp3) is 0.500. The van der Waals surface area contributed by atoms with Gasteiger partial charge in [-0.25, -0.2) is 19.2 Å². The summed E-state index contributed by atoms with van der Waals surface area (Å²) in [5.41, 5.74) is -2.90. The van der Waals surface area contributed by atoms with Crippen LogP contribution in [0.1, 0.15) is 41.5 Å². The highest BCUT2D eigenvalue weighted by Gasteiger charge is 2.35. The Bertz CT molecular complexity index is 663. The van der Waals surface area contributed by atoms with Gasteiger partial charge in [-0.15, -0.1) is 0 Å². The van der Waals surface area contributed by atoms with E-state index in [2.05, 4.69) is 0 Å². The van der Waals surface area contributed by atoms with Crippen LogP contribution >= 0.6 is 0 Å². The van der Waals surface area contributed by atoms with E-state index in [1.54, 1.807) is 41.5 Å². The lowest BCUT2D eigenvalue weighted by molar-refractivity contribution is -0.729. The fourth-order valence-electron chi connectivity index (χ4n) is 1.68. The van der Waals surface area contributed by atoms with Gasteiger partial charge in [-0.3, -0.25) is 0 Å². The predicted molar refractivity (Wildman–Crippen MR) is 86.4 cm³/mol. The smallest absolute Gasteiger partial charge is 0.424 e. The zero-order valence-electron chi connectivity index (χ0n) is 15.0. The Labute approximate surface area is 144 Å². The van der Waals surface area contributed by atoms with Crippen LogP contribution in [0.3, 0.4) is 0 Å². The van der Waals surface area contributed by atoms with E-state index in [4.69, 9.17) is 14.7 Å². The molecule has 0 bridgehead atoms. The van der Waals surface area contributed by atoms with Crippen LogP contribution in [0.15, 0.2) is 18.2 Å². The second kappa shape index (κ2) is 7.04. The number of rotatable bonds is 2. The molecule has 0 unspecified atom stereocenters. The van der Waals surface area contributed by atoms with Gasteiger partial charge in [-0.05, 0) is 47.6 Å². The maximum Gasteiger partial charge on any atom is 0.424 e. The molecule has 138 valence electrons. The lowest BCUT2D eigenvalue weighted by Crippen LogP contribution is -2.44. The summed E-state index contributed by atoms with van der Waals surface area (Å²) in [6.07, 6.45) is -2.37. The molecule has 2 amide bonds. The highest BCUT2D eigenvalue weighted by atomic mass is 19.1. The third-order valence-electron chi connectivity index (χ3n) is 2.54. The zero-order chi connectivity index (χ0) is 19.6. The number of halogens is 1. The Hall–Kier alpha value is -2.71. The number of carbonyl (C=O) groups is 2. The molecule has 0 aliphatic carbocycles. The summed E-state index contributed by atoms with van der Waals surface area (Å²) >= 11 is 0. The van der Waals surface area contributed by atoms with Crippen LogP contribution in [-0.2, 0) is 9.47 Å². The minimum atomic E-state index is -1.19. The Morgan fingerprint density at radius 2 is 1.48 bits per heavy atom. The van der Waals surface area contributed by atoms with Crippen molar-refractivity contribution in [1.29, 1.82) is 0 Å². The first-order valence-electron chi connectivity index (χ1n) is 7.43. The number of ether oxygens (including phenoxy) is 2. The van der Waals surface area contributed by atoms with Crippen molar-refractivity contribution in [1.82, 2.24) is 0 Å². The summed E-state index contributed by atoms with van der Waals surface area (Å²) in [5, 5.41) is 8.98. The van der Waals surface area contributed by atoms with Gasteiger partial charge in [0.05, 0.1) is 4.91 Å². The number of hydrogen-bond donors (Lipinski definition) is 1. The monoisotopic (exact) mass is 357 g/mol. The lowest BCUT2D eigenvalue weighted by atomic mass is 10.2. The van der Waals surface area contributed by atoms with Crippen LogP contribution in [0.4, 0.5) is 25.4 Å². The van der Waals surface area contributed by atoms with Crippen molar-refractivity contribution in [3.63, 3.8) is 0 Å². The molecule has 8 nitrogen and oxygen atoms in total. The van der Waals surface area contributed by atoms with E-state index < -0.39 is 39.8 Å². The van der Waals surface area contributed by atoms with Gasteiger partial charge in [0.2, 0.25) is 0 Å². The number of nitrogens with zero attached hydrogens (tertiary/aromatic N) is 2. The van der Waals surface area contributed by atoms with Crippen molar-refractivity contribution in [2.45, 2.75) is 52.7 Å². The van der Waals surface area contributed by atoms with Crippen LogP contribution in [0.25, 0.3) is 0 Å². The highest BCUT2D eigenvalue weighted by molar-refractivity contribution is 6.09. The summed E-state index contributed by atoms with van der Waals surface area (Å²) in [4.78, 5) is 35.6. The van der Waals surface area contributed by atoms with Crippen LogP contribution in [0.2, 0.25) is 0 Å². The van der Waals surface area contributed by atoms with Gasteiger partial charge in [0, 0.05) is 12.1 Å². The second-order valence-electron chi connectivity index (χ2n) is 7.20. The number of hydrogen-bond acceptors (Lipinski definition) is 5. The molecule has 0 aliphatic rings. The first-order chi connectivity index (χ1) is 11.2. The molecule has 0 atom stereocenters. The quantitative estimate of drug-likeness (QED) is 0.793. The molecular weight excluding hydrogens is 335 g/mol. The van der Waals surface area contributed by atoms with Crippen molar-refractivity contribution in [3.05, 3.63) is 28.9 Å². The van der Waals surface area contributed by atoms with Crippen molar-refractivity contribution >= 4 is 23.6 Å². The maximum absolute atomic E-state index is 14.2. The van der Waals surface area contributed by atoms with Crippen LogP contribution in [0.5, 0.6) is 0 Å². The third kappa shape index (κ3) is 6.02. The number of imide groups is 1. The molecule has 0 saturated heterocycles. The molecular formula is C16H22FN2O6+. The molecule has 0 fully saturated rings. The molecule has 1 N–H and O–H groups in total. The first-order valence-corrected chi connectivity index (χ1v) is 7.43. The van der Waals surface area contributed by atoms with Gasteiger partial charge in [0.1, 0.15) is 22.7 Å². The second-order valence-corrected chi connectivity index (χ2v) is 7.20. The zero-order valence-corrected chi connectivity index (χ0v) is 15.0. The van der Waals surface area contributed by atoms with E-state index in [9.17, 15) is 18.9 Å². The number of benzene rings is 1. The molecule has 0 saturated carbocycles. The molecule has 1 aromatic rings. The van der Waals surface area contributed by atoms with Gasteiger partial charge in [-0.2, -0.15) is 4.90 Å². The Morgan fingerprint density at radius 1 is 1.04 bits per heavy atom. The molecule has 1 aromatic carbocycles. The van der Waals surface area contributed by atoms with Crippen molar-refractivity contribution < 1.29 is 33.6 Å². The van der Waals surface area contributed by atoms with Crippen molar-refractivity contribution in [2.24, 2.45) is 0 Å². The van der Waals surface area contributed by atoms with E-state index in [-0.39, 0.29) is 5.69 Å². The van der Waals surface area contributed by atoms with E-state index >= 15 is 0 Å². The Morgan fingerprint density at radius 3 is 1.84 bits per heavy atom. The first kappa shape index (κ1) is 20.3. The van der Waals surface area contributed by atoms with Gasteiger partial charge in [0.15, 0.2) is 0 Å². The largest absolute Gasteiger partial charge is 0.443 e. The van der Waals surface area contributed by atoms with E-state index in [0.29, 0.717) is 4.90 Å². The van der Waals surface area contributed by atoms with E-state index in [0.717, 1.165) is 18.2 Å². The minimum absolute atomic E-state index is 0.332. The Balaban J connectivity index is 3.41. The SMILES string of the molecule is CC(C)(C)OC(=O)N(C(=O)OC(C)(C)C)c1cc([N+](=O)O)ccc1F. The van der Waals surface area contributed by atoms with E-state index in [1.807, 2.05) is 0 Å². The van der Waals surface area contributed by atoms with Gasteiger partial charge in [-0.1, -0.05) is 0 Å². The molecule has 0 spiro atoms. The van der Waals surface area contributed by atoms with Crippen LogP contribution in [-0.4, -0.2) is 33.5 Å². The van der Waals surface area contributed by atoms with Crippen LogP contribution < -0.4 is 4.90 Å². The number of amides is 2. The van der Waals surface area contributed by atoms with Crippen molar-refractivity contribution in [2.75, 3.05) is 4.90 Å². The van der Waals surface area contributed by atoms with Gasteiger partial charge in [0.25, 0.3) is 4.92 Å². The van der Waals surface area contributed by atoms with Gasteiger partial charge < -0.3 is 9.47 Å². The normalized spacial score (nSPS) is 11.6. The molecule has 0 aliphatic heterocycles. The third-order valence-corrected chi connectivity index (χ3v) is 2.54. The molecule has 25 heavy (non-hydrogen) atoms. The standard InChI is InChI=1S/C16H22FN2O6/c1-15(2,3)24-13(20)18(14(21)25-16(4,5)6)12-9-10(19(22)23)7-8-11(12)17/h7-9H,1-6H3,(H,22,23)/q+1. The molecule has 9 heteroatoms. The Kier molecular flexibility index (Phi) is 5.72. The molecule has 0 radical (unpaired) electrons. The predicted octanol–water partition coefficient (Wildman–Crippen LogP) is 4.30. The maximum atomic E-state index is 14.2. The highest BCUT2D eigenvalue weighted by Crippen LogP contribution is 2.28. The summed E-state index contributed by atoms with van der Waals surface area (Å²) in [6, 6.07) is 2.64. The average Bonchev–Trinajstić information content (AvgIpc) is 2.36. The molecule has 0 aromatic heterocycles. The molecule has 1 rings (SSSR count). The van der Waals surface area contributed by atoms with Gasteiger partial charge >= 0.3 is 17.9 Å². The number of carbonyl (C=O) groups excluding carboxylic acids is 2. The molecule has 0 heterocycles. The summed E-state index contributed by atoms with van der Waals surface area (Å²) in [5.74, 6) is -0.984.